The number of nitrogens with two attached hydrogens (primary N) is 1. The fourth-order valence-corrected chi connectivity index (χ4v) is 6.03. The van der Waals surface area contributed by atoms with Gasteiger partial charge in [-0.15, -0.1) is 0 Å². The molecule has 1 aromatic heterocycles. The smallest absolute Gasteiger partial charge is 0.268 e. The van der Waals surface area contributed by atoms with Crippen LogP contribution in [0.25, 0.3) is 11.1 Å². The topological polar surface area (TPSA) is 83.6 Å². The average molecular weight is 553 g/mol. The van der Waals surface area contributed by atoms with E-state index in [0.717, 1.165) is 41.0 Å². The van der Waals surface area contributed by atoms with Crippen molar-refractivity contribution in [3.8, 4) is 11.1 Å². The van der Waals surface area contributed by atoms with Crippen molar-refractivity contribution in [2.45, 2.75) is 19.4 Å². The summed E-state index contributed by atoms with van der Waals surface area (Å²) in [7, 11) is 2.11. The molecule has 3 heterocycles. The lowest BCUT2D eigenvalue weighted by atomic mass is 9.77. The van der Waals surface area contributed by atoms with E-state index < -0.39 is 5.41 Å². The number of likely N-dealkylation sites (N-methyl/N-ethyl adjacent to an activating group) is 1. The Morgan fingerprint density at radius 1 is 1.28 bits per heavy atom. The van der Waals surface area contributed by atoms with E-state index in [-0.39, 0.29) is 30.1 Å². The van der Waals surface area contributed by atoms with Crippen molar-refractivity contribution in [1.29, 1.82) is 0 Å². The van der Waals surface area contributed by atoms with Crippen LogP contribution in [0.4, 0.5) is 4.39 Å². The summed E-state index contributed by atoms with van der Waals surface area (Å²) in [5.41, 5.74) is 7.28. The maximum absolute atomic E-state index is 13.9. The molecule has 0 unspecified atom stereocenters. The van der Waals surface area contributed by atoms with Gasteiger partial charge in [0.05, 0.1) is 9.74 Å². The molecule has 0 aliphatic carbocycles. The molecule has 1 saturated heterocycles. The molecular formula is C23H29FIN5O2. The first kappa shape index (κ1) is 23.2. The summed E-state index contributed by atoms with van der Waals surface area (Å²) in [4.78, 5) is 29.6. The maximum atomic E-state index is 13.9. The van der Waals surface area contributed by atoms with Crippen molar-refractivity contribution in [2.75, 3.05) is 46.3 Å². The van der Waals surface area contributed by atoms with Gasteiger partial charge >= 0.3 is 0 Å². The van der Waals surface area contributed by atoms with Gasteiger partial charge in [-0.05, 0) is 53.4 Å². The van der Waals surface area contributed by atoms with E-state index in [1.165, 1.54) is 12.1 Å². The van der Waals surface area contributed by atoms with Crippen LogP contribution in [0.2, 0.25) is 0 Å². The molecule has 7 nitrogen and oxygen atoms in total. The summed E-state index contributed by atoms with van der Waals surface area (Å²) in [5.74, 6) is -0.840. The number of aromatic nitrogens is 1. The largest absolute Gasteiger partial charge is 0.370 e. The number of piperazine rings is 1. The Bertz CT molecular complexity index is 1030. The molecule has 0 saturated carbocycles. The van der Waals surface area contributed by atoms with Gasteiger partial charge in [0.25, 0.3) is 5.91 Å². The van der Waals surface area contributed by atoms with Crippen molar-refractivity contribution in [2.24, 2.45) is 11.1 Å². The zero-order valence-electron chi connectivity index (χ0n) is 18.4. The molecule has 3 N–H and O–H groups in total. The quantitative estimate of drug-likeness (QED) is 0.539. The van der Waals surface area contributed by atoms with Crippen LogP contribution in [0.3, 0.4) is 0 Å². The molecule has 2 amide bonds. The Balaban J connectivity index is 1.75. The first-order chi connectivity index (χ1) is 15.2. The van der Waals surface area contributed by atoms with Crippen LogP contribution in [0.5, 0.6) is 0 Å². The lowest BCUT2D eigenvalue weighted by Crippen LogP contribution is -2.54. The van der Waals surface area contributed by atoms with E-state index in [1.807, 2.05) is 16.7 Å². The second kappa shape index (κ2) is 9.11. The van der Waals surface area contributed by atoms with Gasteiger partial charge in [-0.1, -0.05) is 19.1 Å². The van der Waals surface area contributed by atoms with E-state index in [1.54, 1.807) is 6.07 Å². The highest BCUT2D eigenvalue weighted by Gasteiger charge is 2.43. The van der Waals surface area contributed by atoms with E-state index in [2.05, 4.69) is 51.7 Å². The molecule has 0 spiro atoms. The van der Waals surface area contributed by atoms with Crippen molar-refractivity contribution in [3.63, 3.8) is 0 Å². The molecule has 0 bridgehead atoms. The molecule has 2 atom stereocenters. The highest BCUT2D eigenvalue weighted by molar-refractivity contribution is 14.1. The van der Waals surface area contributed by atoms with Crippen LogP contribution in [0.15, 0.2) is 30.3 Å². The number of halogens is 2. The molecule has 32 heavy (non-hydrogen) atoms. The summed E-state index contributed by atoms with van der Waals surface area (Å²) < 4.78 is 16.8. The fraction of sp³-hybridized carbons (Fsp3) is 0.478. The number of amides is 2. The number of rotatable bonds is 6. The standard InChI is InChI=1S/C23H29FIN5O2/c1-23(12-20(26)31,14-29-8-6-28(2)7-9-29)19-13-27-22(32)18-11-17(21(25)30(18)19)15-4-3-5-16(24)10-15/h3-5,10-11,19H,6-9,12-14H2,1-2H3,(H2,26,31)(H,27,32)/t19-,23-/m0/s1. The van der Waals surface area contributed by atoms with E-state index >= 15 is 0 Å². The van der Waals surface area contributed by atoms with E-state index in [9.17, 15) is 14.0 Å². The molecule has 1 fully saturated rings. The van der Waals surface area contributed by atoms with Gasteiger partial charge in [0.15, 0.2) is 0 Å². The number of nitrogens with zero attached hydrogens (tertiary/aromatic N) is 3. The summed E-state index contributed by atoms with van der Waals surface area (Å²) in [6.45, 7) is 7.00. The Morgan fingerprint density at radius 2 is 2.00 bits per heavy atom. The van der Waals surface area contributed by atoms with Crippen molar-refractivity contribution in [1.82, 2.24) is 19.7 Å². The van der Waals surface area contributed by atoms with Crippen molar-refractivity contribution in [3.05, 3.63) is 45.5 Å². The number of hydrogen-bond acceptors (Lipinski definition) is 4. The minimum Gasteiger partial charge on any atom is -0.370 e. The third kappa shape index (κ3) is 4.55. The van der Waals surface area contributed by atoms with Crippen LogP contribution < -0.4 is 11.1 Å². The Morgan fingerprint density at radius 3 is 2.66 bits per heavy atom. The number of fused-ring (bicyclic) bond motifs is 1. The number of benzene rings is 1. The van der Waals surface area contributed by atoms with Gasteiger partial charge in [0, 0.05) is 56.7 Å². The summed E-state index contributed by atoms with van der Waals surface area (Å²) in [5, 5.41) is 3.00. The van der Waals surface area contributed by atoms with Crippen molar-refractivity contribution >= 4 is 34.4 Å². The van der Waals surface area contributed by atoms with Gasteiger partial charge < -0.3 is 25.4 Å². The van der Waals surface area contributed by atoms with Crippen molar-refractivity contribution < 1.29 is 14.0 Å². The normalized spacial score (nSPS) is 21.6. The minimum atomic E-state index is -0.484. The third-order valence-corrected chi connectivity index (χ3v) is 7.77. The Hall–Kier alpha value is -1.98. The molecule has 172 valence electrons. The second-order valence-electron chi connectivity index (χ2n) is 9.22. The molecule has 1 aromatic carbocycles. The fourth-order valence-electron chi connectivity index (χ4n) is 4.96. The zero-order valence-corrected chi connectivity index (χ0v) is 20.6. The molecule has 2 aliphatic rings. The lowest BCUT2D eigenvalue weighted by Gasteiger charge is -2.45. The van der Waals surface area contributed by atoms with E-state index in [0.29, 0.717) is 18.8 Å². The molecular weight excluding hydrogens is 524 g/mol. The summed E-state index contributed by atoms with van der Waals surface area (Å²) in [6.07, 6.45) is 0.211. The molecule has 4 rings (SSSR count). The number of hydrogen-bond donors (Lipinski definition) is 2. The highest BCUT2D eigenvalue weighted by atomic mass is 127. The van der Waals surface area contributed by atoms with Crippen LogP contribution in [0.1, 0.15) is 29.9 Å². The maximum Gasteiger partial charge on any atom is 0.268 e. The molecule has 2 aliphatic heterocycles. The van der Waals surface area contributed by atoms with Crippen LogP contribution in [-0.4, -0.2) is 72.5 Å². The van der Waals surface area contributed by atoms with Gasteiger partial charge in [-0.25, -0.2) is 4.39 Å². The molecule has 0 radical (unpaired) electrons. The molecule has 2 aromatic rings. The van der Waals surface area contributed by atoms with Crippen LogP contribution in [0, 0.1) is 14.9 Å². The van der Waals surface area contributed by atoms with E-state index in [4.69, 9.17) is 5.73 Å². The third-order valence-electron chi connectivity index (χ3n) is 6.67. The van der Waals surface area contributed by atoms with Crippen LogP contribution in [-0.2, 0) is 4.79 Å². The zero-order chi connectivity index (χ0) is 23.0. The van der Waals surface area contributed by atoms with Gasteiger partial charge in [-0.2, -0.15) is 0 Å². The monoisotopic (exact) mass is 553 g/mol. The summed E-state index contributed by atoms with van der Waals surface area (Å²) in [6, 6.07) is 8.05. The predicted molar refractivity (Wildman–Crippen MR) is 130 cm³/mol. The average Bonchev–Trinajstić information content (AvgIpc) is 3.08. The van der Waals surface area contributed by atoms with Gasteiger partial charge in [0.2, 0.25) is 5.91 Å². The van der Waals surface area contributed by atoms with Crippen LogP contribution >= 0.6 is 22.6 Å². The number of primary amides is 1. The first-order valence-corrected chi connectivity index (χ1v) is 11.9. The highest BCUT2D eigenvalue weighted by Crippen LogP contribution is 2.42. The Labute approximate surface area is 201 Å². The second-order valence-corrected chi connectivity index (χ2v) is 10.2. The Kier molecular flexibility index (Phi) is 6.60. The number of nitrogens with one attached hydrogen (secondary N) is 1. The van der Waals surface area contributed by atoms with Gasteiger partial charge in [0.1, 0.15) is 11.5 Å². The van der Waals surface area contributed by atoms with Gasteiger partial charge in [-0.3, -0.25) is 9.59 Å². The SMILES string of the molecule is CN1CCN(C[C@](C)(CC(N)=O)[C@@H]2CNC(=O)c3cc(-c4cccc(F)c4)c(I)n32)CC1. The predicted octanol–water partition coefficient (Wildman–Crippen LogP) is 2.31. The number of carbonyl (C=O) groups excluding carboxylic acids is 2. The first-order valence-electron chi connectivity index (χ1n) is 10.8. The summed E-state index contributed by atoms with van der Waals surface area (Å²) >= 11 is 2.23. The number of carbonyl (C=O) groups is 2. The lowest BCUT2D eigenvalue weighted by molar-refractivity contribution is -0.121. The molecule has 9 heteroatoms. The minimum absolute atomic E-state index is 0.156.